The number of hydrogen-bond acceptors (Lipinski definition) is 3. The van der Waals surface area contributed by atoms with Crippen LogP contribution < -0.4 is 15.8 Å². The van der Waals surface area contributed by atoms with Gasteiger partial charge in [-0.05, 0) is 40.0 Å². The predicted octanol–water partition coefficient (Wildman–Crippen LogP) is 1.47. The van der Waals surface area contributed by atoms with Gasteiger partial charge in [-0.1, -0.05) is 6.07 Å². The van der Waals surface area contributed by atoms with Gasteiger partial charge in [0.05, 0.1) is 11.6 Å². The second kappa shape index (κ2) is 7.29. The lowest BCUT2D eigenvalue weighted by Gasteiger charge is -2.06. The Labute approximate surface area is 110 Å². The van der Waals surface area contributed by atoms with E-state index in [1.807, 2.05) is 18.2 Å². The average Bonchev–Trinajstić information content (AvgIpc) is 2.34. The normalized spacial score (nSPS) is 10.1. The highest BCUT2D eigenvalue weighted by molar-refractivity contribution is 9.10. The molecule has 17 heavy (non-hydrogen) atoms. The molecule has 3 N–H and O–H groups in total. The van der Waals surface area contributed by atoms with Gasteiger partial charge in [0.25, 0.3) is 0 Å². The van der Waals surface area contributed by atoms with Crippen LogP contribution in [0.3, 0.4) is 0 Å². The third-order valence-corrected chi connectivity index (χ3v) is 2.94. The largest absolute Gasteiger partial charge is 0.496 e. The fourth-order valence-corrected chi connectivity index (χ4v) is 2.01. The van der Waals surface area contributed by atoms with Crippen molar-refractivity contribution in [1.82, 2.24) is 5.32 Å². The van der Waals surface area contributed by atoms with Crippen LogP contribution in [0, 0.1) is 0 Å². The molecule has 0 fully saturated rings. The molecule has 1 rings (SSSR count). The molecule has 0 saturated carbocycles. The van der Waals surface area contributed by atoms with E-state index in [9.17, 15) is 4.79 Å². The molecule has 0 aromatic heterocycles. The number of nitrogens with two attached hydrogens (primary N) is 1. The fourth-order valence-electron chi connectivity index (χ4n) is 1.42. The first-order chi connectivity index (χ1) is 8.17. The van der Waals surface area contributed by atoms with E-state index in [4.69, 9.17) is 10.5 Å². The molecule has 0 aliphatic carbocycles. The van der Waals surface area contributed by atoms with Crippen LogP contribution in [0.15, 0.2) is 22.7 Å². The van der Waals surface area contributed by atoms with Gasteiger partial charge in [0.1, 0.15) is 5.75 Å². The highest BCUT2D eigenvalue weighted by Gasteiger charge is 2.04. The van der Waals surface area contributed by atoms with Gasteiger partial charge in [0, 0.05) is 19.5 Å². The summed E-state index contributed by atoms with van der Waals surface area (Å²) in [5.74, 6) is 0.823. The lowest BCUT2D eigenvalue weighted by atomic mass is 10.1. The SMILES string of the molecule is COc1ccc(CCC(=O)NCCN)cc1Br. The van der Waals surface area contributed by atoms with Gasteiger partial charge in [-0.25, -0.2) is 0 Å². The Balaban J connectivity index is 2.47. The van der Waals surface area contributed by atoms with Gasteiger partial charge in [0.15, 0.2) is 0 Å². The molecule has 0 spiro atoms. The monoisotopic (exact) mass is 300 g/mol. The number of nitrogens with one attached hydrogen (secondary N) is 1. The zero-order valence-electron chi connectivity index (χ0n) is 9.83. The van der Waals surface area contributed by atoms with Gasteiger partial charge in [0.2, 0.25) is 5.91 Å². The first kappa shape index (κ1) is 14.0. The number of aryl methyl sites for hydroxylation is 1. The molecule has 0 unspecified atom stereocenters. The van der Waals surface area contributed by atoms with E-state index in [1.165, 1.54) is 0 Å². The summed E-state index contributed by atoms with van der Waals surface area (Å²) in [5, 5.41) is 2.74. The number of carbonyl (C=O) groups is 1. The van der Waals surface area contributed by atoms with Crippen LogP contribution in [0.2, 0.25) is 0 Å². The number of ether oxygens (including phenoxy) is 1. The maximum absolute atomic E-state index is 11.4. The van der Waals surface area contributed by atoms with Crippen molar-refractivity contribution in [2.45, 2.75) is 12.8 Å². The van der Waals surface area contributed by atoms with Crippen molar-refractivity contribution < 1.29 is 9.53 Å². The third kappa shape index (κ3) is 4.75. The number of hydrogen-bond donors (Lipinski definition) is 2. The second-order valence-electron chi connectivity index (χ2n) is 3.61. The first-order valence-corrected chi connectivity index (χ1v) is 6.26. The molecule has 5 heteroatoms. The number of benzene rings is 1. The van der Waals surface area contributed by atoms with Gasteiger partial charge in [-0.2, -0.15) is 0 Å². The Morgan fingerprint density at radius 3 is 2.88 bits per heavy atom. The predicted molar refractivity (Wildman–Crippen MR) is 71.1 cm³/mol. The van der Waals surface area contributed by atoms with Crippen LogP contribution in [-0.4, -0.2) is 26.1 Å². The molecule has 0 bridgehead atoms. The summed E-state index contributed by atoms with van der Waals surface area (Å²) in [7, 11) is 1.63. The number of carbonyl (C=O) groups excluding carboxylic acids is 1. The lowest BCUT2D eigenvalue weighted by Crippen LogP contribution is -2.29. The smallest absolute Gasteiger partial charge is 0.220 e. The fraction of sp³-hybridized carbons (Fsp3) is 0.417. The summed E-state index contributed by atoms with van der Waals surface area (Å²) in [5.41, 5.74) is 6.40. The zero-order valence-corrected chi connectivity index (χ0v) is 11.4. The summed E-state index contributed by atoms with van der Waals surface area (Å²) >= 11 is 3.41. The van der Waals surface area contributed by atoms with Crippen LogP contribution in [0.4, 0.5) is 0 Å². The molecule has 1 aromatic rings. The summed E-state index contributed by atoms with van der Waals surface area (Å²) < 4.78 is 6.04. The number of halogens is 1. The number of rotatable bonds is 6. The lowest BCUT2D eigenvalue weighted by molar-refractivity contribution is -0.120. The van der Waals surface area contributed by atoms with E-state index in [2.05, 4.69) is 21.2 Å². The molecule has 1 amide bonds. The topological polar surface area (TPSA) is 64.3 Å². The van der Waals surface area contributed by atoms with Gasteiger partial charge < -0.3 is 15.8 Å². The van der Waals surface area contributed by atoms with Crippen LogP contribution in [0.5, 0.6) is 5.75 Å². The maximum Gasteiger partial charge on any atom is 0.220 e. The highest BCUT2D eigenvalue weighted by atomic mass is 79.9. The van der Waals surface area contributed by atoms with Crippen LogP contribution in [0.25, 0.3) is 0 Å². The Bertz CT molecular complexity index is 383. The Kier molecular flexibility index (Phi) is 6.00. The van der Waals surface area contributed by atoms with E-state index in [0.29, 0.717) is 25.9 Å². The average molecular weight is 301 g/mol. The Morgan fingerprint density at radius 2 is 2.29 bits per heavy atom. The molecular weight excluding hydrogens is 284 g/mol. The zero-order chi connectivity index (χ0) is 12.7. The summed E-state index contributed by atoms with van der Waals surface area (Å²) in [4.78, 5) is 11.4. The van der Waals surface area contributed by atoms with E-state index in [1.54, 1.807) is 7.11 Å². The molecule has 0 aliphatic rings. The van der Waals surface area contributed by atoms with E-state index in [0.717, 1.165) is 15.8 Å². The molecular formula is C12H17BrN2O2. The number of methoxy groups -OCH3 is 1. The quantitative estimate of drug-likeness (QED) is 0.836. The minimum Gasteiger partial charge on any atom is -0.496 e. The van der Waals surface area contributed by atoms with E-state index >= 15 is 0 Å². The van der Waals surface area contributed by atoms with Crippen LogP contribution in [-0.2, 0) is 11.2 Å². The van der Waals surface area contributed by atoms with Crippen molar-refractivity contribution in [3.63, 3.8) is 0 Å². The van der Waals surface area contributed by atoms with Gasteiger partial charge in [-0.3, -0.25) is 4.79 Å². The van der Waals surface area contributed by atoms with E-state index < -0.39 is 0 Å². The number of amides is 1. The van der Waals surface area contributed by atoms with Crippen molar-refractivity contribution in [1.29, 1.82) is 0 Å². The van der Waals surface area contributed by atoms with Crippen molar-refractivity contribution in [3.05, 3.63) is 28.2 Å². The Hall–Kier alpha value is -1.07. The summed E-state index contributed by atoms with van der Waals surface area (Å²) in [6.45, 7) is 1.00. The highest BCUT2D eigenvalue weighted by Crippen LogP contribution is 2.25. The first-order valence-electron chi connectivity index (χ1n) is 5.46. The molecule has 1 aromatic carbocycles. The maximum atomic E-state index is 11.4. The Morgan fingerprint density at radius 1 is 1.53 bits per heavy atom. The molecule has 0 atom stereocenters. The van der Waals surface area contributed by atoms with Crippen LogP contribution in [0.1, 0.15) is 12.0 Å². The molecule has 0 radical (unpaired) electrons. The molecule has 0 heterocycles. The van der Waals surface area contributed by atoms with Crippen molar-refractivity contribution in [2.24, 2.45) is 5.73 Å². The van der Waals surface area contributed by atoms with Crippen molar-refractivity contribution in [2.75, 3.05) is 20.2 Å². The van der Waals surface area contributed by atoms with Gasteiger partial charge >= 0.3 is 0 Å². The molecule has 4 nitrogen and oxygen atoms in total. The van der Waals surface area contributed by atoms with Gasteiger partial charge in [-0.15, -0.1) is 0 Å². The summed E-state index contributed by atoms with van der Waals surface area (Å²) in [6.07, 6.45) is 1.18. The standard InChI is InChI=1S/C12H17BrN2O2/c1-17-11-4-2-9(8-10(11)13)3-5-12(16)15-7-6-14/h2,4,8H,3,5-7,14H2,1H3,(H,15,16). The minimum absolute atomic E-state index is 0.0300. The molecule has 0 saturated heterocycles. The minimum atomic E-state index is 0.0300. The van der Waals surface area contributed by atoms with Crippen LogP contribution >= 0.6 is 15.9 Å². The van der Waals surface area contributed by atoms with Crippen molar-refractivity contribution >= 4 is 21.8 Å². The van der Waals surface area contributed by atoms with E-state index in [-0.39, 0.29) is 5.91 Å². The third-order valence-electron chi connectivity index (χ3n) is 2.32. The van der Waals surface area contributed by atoms with Crippen molar-refractivity contribution in [3.8, 4) is 5.75 Å². The second-order valence-corrected chi connectivity index (χ2v) is 4.46. The molecule has 0 aliphatic heterocycles. The molecule has 94 valence electrons. The summed E-state index contributed by atoms with van der Waals surface area (Å²) in [6, 6.07) is 5.81.